The van der Waals surface area contributed by atoms with Crippen LogP contribution in [0.3, 0.4) is 0 Å². The molecule has 0 spiro atoms. The lowest BCUT2D eigenvalue weighted by Gasteiger charge is -2.06. The van der Waals surface area contributed by atoms with E-state index in [0.29, 0.717) is 16.5 Å². The molecule has 2 aliphatic rings. The Hall–Kier alpha value is -1.23. The minimum Gasteiger partial charge on any atom is -0.465 e. The van der Waals surface area contributed by atoms with Crippen molar-refractivity contribution < 1.29 is 9.53 Å². The summed E-state index contributed by atoms with van der Waals surface area (Å²) in [5.41, 5.74) is 7.90. The number of methoxy groups -OCH3 is 1. The van der Waals surface area contributed by atoms with Gasteiger partial charge in [0.05, 0.1) is 17.8 Å². The van der Waals surface area contributed by atoms with E-state index in [9.17, 15) is 4.79 Å². The minimum atomic E-state index is -0.320. The first-order valence-electron chi connectivity index (χ1n) is 6.45. The van der Waals surface area contributed by atoms with E-state index in [1.807, 2.05) is 0 Å². The molecule has 3 N–H and O–H groups in total. The Morgan fingerprint density at radius 2 is 2.17 bits per heavy atom. The number of hydrogen-bond donors (Lipinski definition) is 2. The molecule has 5 heteroatoms. The number of esters is 1. The molecule has 18 heavy (non-hydrogen) atoms. The van der Waals surface area contributed by atoms with E-state index >= 15 is 0 Å². The third-order valence-corrected chi connectivity index (χ3v) is 4.75. The van der Waals surface area contributed by atoms with Crippen molar-refractivity contribution in [1.29, 1.82) is 0 Å². The molecule has 0 radical (unpaired) electrons. The zero-order chi connectivity index (χ0) is 12.7. The van der Waals surface area contributed by atoms with E-state index in [4.69, 9.17) is 10.5 Å². The molecule has 0 aliphatic heterocycles. The molecule has 1 aromatic rings. The van der Waals surface area contributed by atoms with Gasteiger partial charge in [0, 0.05) is 12.1 Å². The van der Waals surface area contributed by atoms with Gasteiger partial charge in [-0.2, -0.15) is 0 Å². The number of nitrogens with one attached hydrogen (secondary N) is 1. The van der Waals surface area contributed by atoms with Crippen LogP contribution in [0.15, 0.2) is 0 Å². The van der Waals surface area contributed by atoms with Crippen LogP contribution in [0.4, 0.5) is 10.7 Å². The van der Waals surface area contributed by atoms with Gasteiger partial charge in [0.1, 0.15) is 4.88 Å². The Morgan fingerprint density at radius 3 is 2.72 bits per heavy atom. The summed E-state index contributed by atoms with van der Waals surface area (Å²) >= 11 is 1.45. The number of hydrogen-bond acceptors (Lipinski definition) is 5. The molecule has 2 fully saturated rings. The van der Waals surface area contributed by atoms with Gasteiger partial charge in [-0.05, 0) is 37.5 Å². The number of rotatable bonds is 5. The summed E-state index contributed by atoms with van der Waals surface area (Å²) in [6, 6.07) is 0. The Balaban J connectivity index is 1.86. The van der Waals surface area contributed by atoms with Crippen molar-refractivity contribution in [3.63, 3.8) is 0 Å². The lowest BCUT2D eigenvalue weighted by atomic mass is 10.1. The van der Waals surface area contributed by atoms with Gasteiger partial charge in [0.15, 0.2) is 0 Å². The number of anilines is 2. The molecule has 0 bridgehead atoms. The largest absolute Gasteiger partial charge is 0.465 e. The average Bonchev–Trinajstić information content (AvgIpc) is 3.25. The van der Waals surface area contributed by atoms with Crippen molar-refractivity contribution in [2.24, 2.45) is 5.92 Å². The highest BCUT2D eigenvalue weighted by atomic mass is 32.1. The van der Waals surface area contributed by atoms with Crippen molar-refractivity contribution >= 4 is 28.0 Å². The summed E-state index contributed by atoms with van der Waals surface area (Å²) in [6.07, 6.45) is 4.99. The van der Waals surface area contributed by atoms with Crippen LogP contribution in [0, 0.1) is 5.92 Å². The SMILES string of the molecule is COC(=O)c1sc(NCC2CC2)c(C2CC2)c1N. The predicted octanol–water partition coefficient (Wildman–Crippen LogP) is 2.82. The van der Waals surface area contributed by atoms with E-state index in [1.54, 1.807) is 0 Å². The number of ether oxygens (including phenoxy) is 1. The number of nitrogen functional groups attached to an aromatic ring is 1. The number of carbonyl (C=O) groups is 1. The maximum Gasteiger partial charge on any atom is 0.350 e. The molecule has 0 aromatic carbocycles. The Kier molecular flexibility index (Phi) is 2.93. The molecule has 1 aromatic heterocycles. The molecule has 3 rings (SSSR count). The predicted molar refractivity (Wildman–Crippen MR) is 73.3 cm³/mol. The summed E-state index contributed by atoms with van der Waals surface area (Å²) in [6.45, 7) is 1.00. The van der Waals surface area contributed by atoms with Crippen molar-refractivity contribution in [2.75, 3.05) is 24.7 Å². The monoisotopic (exact) mass is 266 g/mol. The van der Waals surface area contributed by atoms with Crippen molar-refractivity contribution in [3.8, 4) is 0 Å². The van der Waals surface area contributed by atoms with E-state index in [2.05, 4.69) is 5.32 Å². The van der Waals surface area contributed by atoms with Gasteiger partial charge >= 0.3 is 5.97 Å². The van der Waals surface area contributed by atoms with Gasteiger partial charge in [0.2, 0.25) is 0 Å². The lowest BCUT2D eigenvalue weighted by molar-refractivity contribution is 0.0607. The van der Waals surface area contributed by atoms with E-state index in [-0.39, 0.29) is 5.97 Å². The fourth-order valence-electron chi connectivity index (χ4n) is 2.17. The van der Waals surface area contributed by atoms with Gasteiger partial charge < -0.3 is 15.8 Å². The Labute approximate surface area is 111 Å². The first-order chi connectivity index (χ1) is 8.70. The summed E-state index contributed by atoms with van der Waals surface area (Å²) in [5, 5.41) is 4.55. The van der Waals surface area contributed by atoms with Crippen LogP contribution in [0.5, 0.6) is 0 Å². The van der Waals surface area contributed by atoms with Gasteiger partial charge in [-0.15, -0.1) is 11.3 Å². The van der Waals surface area contributed by atoms with Crippen molar-refractivity contribution in [2.45, 2.75) is 31.6 Å². The van der Waals surface area contributed by atoms with Crippen LogP contribution >= 0.6 is 11.3 Å². The van der Waals surface area contributed by atoms with Crippen LogP contribution in [-0.4, -0.2) is 19.6 Å². The highest BCUT2D eigenvalue weighted by Gasteiger charge is 2.33. The summed E-state index contributed by atoms with van der Waals surface area (Å²) in [5.74, 6) is 1.03. The zero-order valence-corrected chi connectivity index (χ0v) is 11.3. The zero-order valence-electron chi connectivity index (χ0n) is 10.5. The molecule has 2 aliphatic carbocycles. The fourth-order valence-corrected chi connectivity index (χ4v) is 3.30. The second-order valence-corrected chi connectivity index (χ2v) is 6.20. The Bertz CT molecular complexity index is 476. The third kappa shape index (κ3) is 2.19. The molecule has 0 amide bonds. The van der Waals surface area contributed by atoms with Crippen LogP contribution < -0.4 is 11.1 Å². The molecule has 0 saturated heterocycles. The second kappa shape index (κ2) is 4.46. The second-order valence-electron chi connectivity index (χ2n) is 5.18. The van der Waals surface area contributed by atoms with E-state index in [0.717, 1.165) is 23.0 Å². The molecule has 0 atom stereocenters. The number of nitrogens with two attached hydrogens (primary N) is 1. The van der Waals surface area contributed by atoms with E-state index in [1.165, 1.54) is 44.1 Å². The molecule has 4 nitrogen and oxygen atoms in total. The molecular weight excluding hydrogens is 248 g/mol. The maximum absolute atomic E-state index is 11.7. The first-order valence-corrected chi connectivity index (χ1v) is 7.26. The highest BCUT2D eigenvalue weighted by molar-refractivity contribution is 7.18. The topological polar surface area (TPSA) is 64.3 Å². The molecule has 1 heterocycles. The fraction of sp³-hybridized carbons (Fsp3) is 0.615. The van der Waals surface area contributed by atoms with Crippen LogP contribution in [0.25, 0.3) is 0 Å². The molecule has 0 unspecified atom stereocenters. The van der Waals surface area contributed by atoms with Gasteiger partial charge in [0.25, 0.3) is 0 Å². The first kappa shape index (κ1) is 11.8. The highest BCUT2D eigenvalue weighted by Crippen LogP contribution is 2.51. The summed E-state index contributed by atoms with van der Waals surface area (Å²) in [7, 11) is 1.40. The summed E-state index contributed by atoms with van der Waals surface area (Å²) < 4.78 is 4.79. The number of thiophene rings is 1. The summed E-state index contributed by atoms with van der Waals surface area (Å²) in [4.78, 5) is 12.2. The van der Waals surface area contributed by atoms with E-state index < -0.39 is 0 Å². The molecule has 2 saturated carbocycles. The normalized spacial score (nSPS) is 18.7. The lowest BCUT2D eigenvalue weighted by Crippen LogP contribution is -2.04. The van der Waals surface area contributed by atoms with Gasteiger partial charge in [-0.25, -0.2) is 4.79 Å². The van der Waals surface area contributed by atoms with Crippen LogP contribution in [-0.2, 0) is 4.74 Å². The van der Waals surface area contributed by atoms with Gasteiger partial charge in [-0.3, -0.25) is 0 Å². The van der Waals surface area contributed by atoms with Gasteiger partial charge in [-0.1, -0.05) is 0 Å². The average molecular weight is 266 g/mol. The smallest absolute Gasteiger partial charge is 0.350 e. The molecule has 98 valence electrons. The minimum absolute atomic E-state index is 0.320. The molecular formula is C13H18N2O2S. The number of carbonyl (C=O) groups excluding carboxylic acids is 1. The van der Waals surface area contributed by atoms with Crippen LogP contribution in [0.1, 0.15) is 46.8 Å². The quantitative estimate of drug-likeness (QED) is 0.804. The van der Waals surface area contributed by atoms with Crippen LogP contribution in [0.2, 0.25) is 0 Å². The third-order valence-electron chi connectivity index (χ3n) is 3.59. The van der Waals surface area contributed by atoms with Crippen molar-refractivity contribution in [3.05, 3.63) is 10.4 Å². The van der Waals surface area contributed by atoms with Crippen molar-refractivity contribution in [1.82, 2.24) is 0 Å². The maximum atomic E-state index is 11.7. The Morgan fingerprint density at radius 1 is 1.44 bits per heavy atom. The standard InChI is InChI=1S/C13H18N2O2S/c1-17-13(16)11-10(14)9(8-4-5-8)12(18-11)15-6-7-2-3-7/h7-8,15H,2-6,14H2,1H3.